The van der Waals surface area contributed by atoms with Crippen molar-refractivity contribution in [1.29, 1.82) is 0 Å². The molecule has 0 aliphatic carbocycles. The molecule has 1 aromatic rings. The monoisotopic (exact) mass is 279 g/mol. The van der Waals surface area contributed by atoms with Gasteiger partial charge < -0.3 is 5.32 Å². The van der Waals surface area contributed by atoms with Crippen molar-refractivity contribution in [1.82, 2.24) is 5.32 Å². The summed E-state index contributed by atoms with van der Waals surface area (Å²) >= 11 is 0. The van der Waals surface area contributed by atoms with Crippen LogP contribution in [-0.2, 0) is 16.0 Å². The molecule has 0 radical (unpaired) electrons. The molecule has 0 spiro atoms. The number of amides is 1. The predicted octanol–water partition coefficient (Wildman–Crippen LogP) is 2.83. The van der Waals surface area contributed by atoms with E-state index < -0.39 is 12.1 Å². The second-order valence-electron chi connectivity index (χ2n) is 4.88. The molecule has 1 N–H and O–H groups in total. The number of rotatable bonds is 9. The Morgan fingerprint density at radius 1 is 1.15 bits per heavy atom. The predicted molar refractivity (Wildman–Crippen MR) is 77.2 cm³/mol. The Balaban J connectivity index is 2.09. The molecule has 0 heterocycles. The fraction of sp³-hybridized carbons (Fsp3) is 0.500. The molecule has 1 atom stereocenters. The summed E-state index contributed by atoms with van der Waals surface area (Å²) in [5, 5.41) is 2.28. The third kappa shape index (κ3) is 6.45. The fourth-order valence-corrected chi connectivity index (χ4v) is 2.02. The van der Waals surface area contributed by atoms with Crippen LogP contribution >= 0.6 is 0 Å². The van der Waals surface area contributed by atoms with Crippen molar-refractivity contribution < 1.29 is 14.0 Å². The Labute approximate surface area is 119 Å². The Morgan fingerprint density at radius 3 is 2.50 bits per heavy atom. The lowest BCUT2D eigenvalue weighted by molar-refractivity contribution is -0.125. The zero-order chi connectivity index (χ0) is 14.8. The summed E-state index contributed by atoms with van der Waals surface area (Å²) in [7, 11) is 1.43. The molecule has 1 unspecified atom stereocenters. The Morgan fingerprint density at radius 2 is 1.85 bits per heavy atom. The highest BCUT2D eigenvalue weighted by Gasteiger charge is 2.14. The lowest BCUT2D eigenvalue weighted by Gasteiger charge is -2.06. The summed E-state index contributed by atoms with van der Waals surface area (Å²) < 4.78 is 13.2. The van der Waals surface area contributed by atoms with Crippen molar-refractivity contribution in [2.45, 2.75) is 44.7 Å². The molecular weight excluding hydrogens is 257 g/mol. The standard InChI is InChI=1S/C16H22FNO2/c1-18-16(20)15(17)11-7-3-6-10-14(19)12-13-8-4-2-5-9-13/h2,4-5,8-9,15H,3,6-7,10-12H2,1H3,(H,18,20). The summed E-state index contributed by atoms with van der Waals surface area (Å²) in [5.41, 5.74) is 1.03. The lowest BCUT2D eigenvalue weighted by Crippen LogP contribution is -2.28. The number of Topliss-reactive ketones (excluding diaryl/α,β-unsaturated/α-hetero) is 1. The molecule has 20 heavy (non-hydrogen) atoms. The maximum Gasteiger partial charge on any atom is 0.254 e. The Hall–Kier alpha value is -1.71. The number of ketones is 1. The molecule has 0 aromatic heterocycles. The van der Waals surface area contributed by atoms with Crippen LogP contribution in [0.25, 0.3) is 0 Å². The summed E-state index contributed by atoms with van der Waals surface area (Å²) in [6.45, 7) is 0. The quantitative estimate of drug-likeness (QED) is 0.706. The number of halogens is 1. The minimum Gasteiger partial charge on any atom is -0.357 e. The molecule has 0 aliphatic heterocycles. The molecule has 4 heteroatoms. The molecule has 0 aliphatic rings. The minimum absolute atomic E-state index is 0.208. The number of hydrogen-bond acceptors (Lipinski definition) is 2. The van der Waals surface area contributed by atoms with Crippen molar-refractivity contribution in [3.63, 3.8) is 0 Å². The van der Waals surface area contributed by atoms with E-state index in [0.29, 0.717) is 19.3 Å². The molecule has 0 bridgehead atoms. The molecule has 1 rings (SSSR count). The van der Waals surface area contributed by atoms with Gasteiger partial charge in [-0.3, -0.25) is 9.59 Å². The van der Waals surface area contributed by atoms with Crippen LogP contribution in [0.1, 0.15) is 37.7 Å². The minimum atomic E-state index is -1.43. The molecule has 0 saturated carbocycles. The van der Waals surface area contributed by atoms with Crippen molar-refractivity contribution in [2.75, 3.05) is 7.05 Å². The van der Waals surface area contributed by atoms with Gasteiger partial charge in [0.2, 0.25) is 0 Å². The normalized spacial score (nSPS) is 11.9. The van der Waals surface area contributed by atoms with Crippen molar-refractivity contribution in [2.24, 2.45) is 0 Å². The second kappa shape index (κ2) is 9.23. The smallest absolute Gasteiger partial charge is 0.254 e. The van der Waals surface area contributed by atoms with Crippen molar-refractivity contribution >= 4 is 11.7 Å². The van der Waals surface area contributed by atoms with E-state index in [1.807, 2.05) is 30.3 Å². The molecule has 0 fully saturated rings. The van der Waals surface area contributed by atoms with E-state index in [-0.39, 0.29) is 12.2 Å². The highest BCUT2D eigenvalue weighted by atomic mass is 19.1. The van der Waals surface area contributed by atoms with Crippen molar-refractivity contribution in [3.8, 4) is 0 Å². The van der Waals surface area contributed by atoms with Crippen molar-refractivity contribution in [3.05, 3.63) is 35.9 Å². The van der Waals surface area contributed by atoms with Crippen LogP contribution in [0, 0.1) is 0 Å². The van der Waals surface area contributed by atoms with E-state index in [9.17, 15) is 14.0 Å². The van der Waals surface area contributed by atoms with E-state index in [1.165, 1.54) is 7.05 Å². The summed E-state index contributed by atoms with van der Waals surface area (Å²) in [6, 6.07) is 9.64. The topological polar surface area (TPSA) is 46.2 Å². The highest BCUT2D eigenvalue weighted by molar-refractivity contribution is 5.81. The number of carbonyl (C=O) groups excluding carboxylic acids is 2. The summed E-state index contributed by atoms with van der Waals surface area (Å²) in [5.74, 6) is -0.357. The number of hydrogen-bond donors (Lipinski definition) is 1. The van der Waals surface area contributed by atoms with Gasteiger partial charge in [-0.15, -0.1) is 0 Å². The average molecular weight is 279 g/mol. The maximum absolute atomic E-state index is 13.2. The third-order valence-corrected chi connectivity index (χ3v) is 3.19. The van der Waals surface area contributed by atoms with Gasteiger partial charge in [0, 0.05) is 19.9 Å². The molecule has 0 saturated heterocycles. The van der Waals surface area contributed by atoms with Gasteiger partial charge in [-0.05, 0) is 24.8 Å². The highest BCUT2D eigenvalue weighted by Crippen LogP contribution is 2.10. The second-order valence-corrected chi connectivity index (χ2v) is 4.88. The SMILES string of the molecule is CNC(=O)C(F)CCCCCC(=O)Cc1ccccc1. The molecule has 110 valence electrons. The van der Waals surface area contributed by atoms with Gasteiger partial charge in [-0.25, -0.2) is 4.39 Å². The zero-order valence-corrected chi connectivity index (χ0v) is 11.9. The average Bonchev–Trinajstić information content (AvgIpc) is 2.46. The number of alkyl halides is 1. The van der Waals surface area contributed by atoms with Gasteiger partial charge in [-0.2, -0.15) is 0 Å². The number of nitrogens with one attached hydrogen (secondary N) is 1. The fourth-order valence-electron chi connectivity index (χ4n) is 2.02. The number of carbonyl (C=O) groups is 2. The lowest BCUT2D eigenvalue weighted by atomic mass is 10.0. The third-order valence-electron chi connectivity index (χ3n) is 3.19. The number of unbranched alkanes of at least 4 members (excludes halogenated alkanes) is 2. The van der Waals surface area contributed by atoms with Crippen LogP contribution in [-0.4, -0.2) is 24.9 Å². The van der Waals surface area contributed by atoms with Gasteiger partial charge in [0.25, 0.3) is 5.91 Å². The maximum atomic E-state index is 13.2. The van der Waals surface area contributed by atoms with Gasteiger partial charge in [-0.1, -0.05) is 36.8 Å². The number of benzene rings is 1. The van der Waals surface area contributed by atoms with E-state index in [1.54, 1.807) is 0 Å². The molecule has 1 aromatic carbocycles. The van der Waals surface area contributed by atoms with Crippen LogP contribution < -0.4 is 5.32 Å². The largest absolute Gasteiger partial charge is 0.357 e. The molecule has 1 amide bonds. The summed E-state index contributed by atoms with van der Waals surface area (Å²) in [4.78, 5) is 22.7. The van der Waals surface area contributed by atoms with Crippen LogP contribution in [0.15, 0.2) is 30.3 Å². The van der Waals surface area contributed by atoms with E-state index in [0.717, 1.165) is 18.4 Å². The van der Waals surface area contributed by atoms with E-state index in [2.05, 4.69) is 5.32 Å². The first-order valence-corrected chi connectivity index (χ1v) is 7.04. The molecule has 3 nitrogen and oxygen atoms in total. The van der Waals surface area contributed by atoms with Gasteiger partial charge in [0.05, 0.1) is 0 Å². The van der Waals surface area contributed by atoms with E-state index in [4.69, 9.17) is 0 Å². The zero-order valence-electron chi connectivity index (χ0n) is 11.9. The Kier molecular flexibility index (Phi) is 7.55. The van der Waals surface area contributed by atoms with Gasteiger partial charge in [0.1, 0.15) is 5.78 Å². The van der Waals surface area contributed by atoms with Crippen LogP contribution in [0.5, 0.6) is 0 Å². The van der Waals surface area contributed by atoms with Crippen LogP contribution in [0.4, 0.5) is 4.39 Å². The summed E-state index contributed by atoms with van der Waals surface area (Å²) in [6.07, 6.45) is 1.94. The van der Waals surface area contributed by atoms with Gasteiger partial charge >= 0.3 is 0 Å². The van der Waals surface area contributed by atoms with E-state index >= 15 is 0 Å². The van der Waals surface area contributed by atoms with Crippen LogP contribution in [0.2, 0.25) is 0 Å². The van der Waals surface area contributed by atoms with Gasteiger partial charge in [0.15, 0.2) is 6.17 Å². The molecular formula is C16H22FNO2. The van der Waals surface area contributed by atoms with Crippen LogP contribution in [0.3, 0.4) is 0 Å². The first-order valence-electron chi connectivity index (χ1n) is 7.04. The first kappa shape index (κ1) is 16.3. The Bertz CT molecular complexity index is 420. The first-order chi connectivity index (χ1) is 9.63.